The first-order valence-electron chi connectivity index (χ1n) is 6.71. The lowest BCUT2D eigenvalue weighted by Gasteiger charge is -2.22. The summed E-state index contributed by atoms with van der Waals surface area (Å²) in [5.41, 5.74) is 7.41. The summed E-state index contributed by atoms with van der Waals surface area (Å²) >= 11 is 0. The molecule has 0 aliphatic rings. The van der Waals surface area contributed by atoms with Gasteiger partial charge in [0, 0.05) is 11.7 Å². The molecule has 0 saturated heterocycles. The zero-order chi connectivity index (χ0) is 13.5. The Balaban J connectivity index is 2.54. The third kappa shape index (κ3) is 4.06. The molecule has 100 valence electrons. The van der Waals surface area contributed by atoms with Crippen LogP contribution in [0.3, 0.4) is 0 Å². The van der Waals surface area contributed by atoms with E-state index >= 15 is 0 Å². The van der Waals surface area contributed by atoms with Crippen LogP contribution in [-0.2, 0) is 11.2 Å². The molecule has 1 unspecified atom stereocenters. The Labute approximate surface area is 110 Å². The van der Waals surface area contributed by atoms with Crippen molar-refractivity contribution in [1.82, 2.24) is 5.32 Å². The van der Waals surface area contributed by atoms with E-state index in [9.17, 15) is 4.79 Å². The van der Waals surface area contributed by atoms with Crippen LogP contribution in [0.5, 0.6) is 0 Å². The second-order valence-electron chi connectivity index (χ2n) is 4.81. The highest BCUT2D eigenvalue weighted by molar-refractivity contribution is 5.80. The highest BCUT2D eigenvalue weighted by atomic mass is 16.1. The maximum atomic E-state index is 11.9. The fourth-order valence-corrected chi connectivity index (χ4v) is 2.29. The Kier molecular flexibility index (Phi) is 5.69. The van der Waals surface area contributed by atoms with Crippen molar-refractivity contribution < 1.29 is 4.79 Å². The van der Waals surface area contributed by atoms with Crippen molar-refractivity contribution >= 4 is 11.6 Å². The number of hydrogen-bond acceptors (Lipinski definition) is 2. The van der Waals surface area contributed by atoms with Crippen molar-refractivity contribution in [2.75, 3.05) is 5.73 Å². The molecule has 0 aromatic heterocycles. The van der Waals surface area contributed by atoms with Crippen molar-refractivity contribution in [2.45, 2.75) is 46.1 Å². The zero-order valence-corrected chi connectivity index (χ0v) is 11.6. The van der Waals surface area contributed by atoms with Gasteiger partial charge < -0.3 is 11.1 Å². The predicted octanol–water partition coefficient (Wildman–Crippen LogP) is 2.75. The van der Waals surface area contributed by atoms with Crippen molar-refractivity contribution in [1.29, 1.82) is 0 Å². The van der Waals surface area contributed by atoms with E-state index in [1.807, 2.05) is 24.3 Å². The third-order valence-corrected chi connectivity index (χ3v) is 3.55. The first kappa shape index (κ1) is 14.6. The Bertz CT molecular complexity index is 386. The number of benzene rings is 1. The van der Waals surface area contributed by atoms with E-state index in [1.54, 1.807) is 0 Å². The van der Waals surface area contributed by atoms with E-state index in [-0.39, 0.29) is 11.9 Å². The lowest BCUT2D eigenvalue weighted by Crippen LogP contribution is -2.38. The maximum absolute atomic E-state index is 11.9. The SMILES string of the molecule is CCC(CC)C(C)NC(=O)Cc1ccccc1N. The van der Waals surface area contributed by atoms with E-state index in [0.717, 1.165) is 18.4 Å². The lowest BCUT2D eigenvalue weighted by molar-refractivity contribution is -0.121. The first-order valence-corrected chi connectivity index (χ1v) is 6.71. The van der Waals surface area contributed by atoms with Gasteiger partial charge in [0.15, 0.2) is 0 Å². The fraction of sp³-hybridized carbons (Fsp3) is 0.533. The number of nitrogens with one attached hydrogen (secondary N) is 1. The Morgan fingerprint density at radius 1 is 1.28 bits per heavy atom. The minimum Gasteiger partial charge on any atom is -0.398 e. The van der Waals surface area contributed by atoms with E-state index in [1.165, 1.54) is 0 Å². The van der Waals surface area contributed by atoms with Crippen molar-refractivity contribution in [3.63, 3.8) is 0 Å². The van der Waals surface area contributed by atoms with Crippen molar-refractivity contribution in [3.05, 3.63) is 29.8 Å². The Morgan fingerprint density at radius 2 is 1.89 bits per heavy atom. The van der Waals surface area contributed by atoms with Crippen LogP contribution in [0.15, 0.2) is 24.3 Å². The van der Waals surface area contributed by atoms with Gasteiger partial charge in [0.1, 0.15) is 0 Å². The van der Waals surface area contributed by atoms with E-state index < -0.39 is 0 Å². The predicted molar refractivity (Wildman–Crippen MR) is 76.2 cm³/mol. The number of carbonyl (C=O) groups is 1. The monoisotopic (exact) mass is 248 g/mol. The van der Waals surface area contributed by atoms with Crippen LogP contribution < -0.4 is 11.1 Å². The molecule has 0 bridgehead atoms. The molecule has 0 heterocycles. The van der Waals surface area contributed by atoms with Crippen LogP contribution in [0.4, 0.5) is 5.69 Å². The first-order chi connectivity index (χ1) is 8.58. The molecule has 0 aliphatic heterocycles. The van der Waals surface area contributed by atoms with E-state index in [2.05, 4.69) is 26.1 Å². The number of carbonyl (C=O) groups excluding carboxylic acids is 1. The molecule has 0 saturated carbocycles. The van der Waals surface area contributed by atoms with Crippen molar-refractivity contribution in [3.8, 4) is 0 Å². The van der Waals surface area contributed by atoms with Gasteiger partial charge in [-0.05, 0) is 24.5 Å². The van der Waals surface area contributed by atoms with Gasteiger partial charge in [-0.15, -0.1) is 0 Å². The van der Waals surface area contributed by atoms with Crippen molar-refractivity contribution in [2.24, 2.45) is 5.92 Å². The molecular weight excluding hydrogens is 224 g/mol. The average Bonchev–Trinajstić information content (AvgIpc) is 2.33. The molecule has 1 aromatic carbocycles. The number of amides is 1. The van der Waals surface area contributed by atoms with Crippen LogP contribution in [0, 0.1) is 5.92 Å². The second-order valence-corrected chi connectivity index (χ2v) is 4.81. The molecule has 1 rings (SSSR count). The number of rotatable bonds is 6. The molecule has 0 spiro atoms. The molecule has 0 fully saturated rings. The molecule has 18 heavy (non-hydrogen) atoms. The molecule has 1 amide bonds. The van der Waals surface area contributed by atoms with Gasteiger partial charge in [-0.3, -0.25) is 4.79 Å². The number of para-hydroxylation sites is 1. The summed E-state index contributed by atoms with van der Waals surface area (Å²) < 4.78 is 0. The van der Waals surface area contributed by atoms with Crippen LogP contribution in [0.2, 0.25) is 0 Å². The van der Waals surface area contributed by atoms with Gasteiger partial charge >= 0.3 is 0 Å². The van der Waals surface area contributed by atoms with Gasteiger partial charge in [-0.1, -0.05) is 44.9 Å². The second kappa shape index (κ2) is 7.04. The molecule has 1 aromatic rings. The summed E-state index contributed by atoms with van der Waals surface area (Å²) in [4.78, 5) is 11.9. The molecule has 3 N–H and O–H groups in total. The molecule has 3 heteroatoms. The van der Waals surface area contributed by atoms with Gasteiger partial charge in [-0.2, -0.15) is 0 Å². The van der Waals surface area contributed by atoms with Gasteiger partial charge in [0.25, 0.3) is 0 Å². The summed E-state index contributed by atoms with van der Waals surface area (Å²) in [5.74, 6) is 0.592. The normalized spacial score (nSPS) is 12.4. The summed E-state index contributed by atoms with van der Waals surface area (Å²) in [5, 5.41) is 3.06. The average molecular weight is 248 g/mol. The van der Waals surface area contributed by atoms with Crippen LogP contribution in [0.1, 0.15) is 39.2 Å². The summed E-state index contributed by atoms with van der Waals surface area (Å²) in [7, 11) is 0. The lowest BCUT2D eigenvalue weighted by atomic mass is 9.95. The smallest absolute Gasteiger partial charge is 0.224 e. The highest BCUT2D eigenvalue weighted by Gasteiger charge is 2.16. The van der Waals surface area contributed by atoms with Gasteiger partial charge in [0.05, 0.1) is 6.42 Å². The van der Waals surface area contributed by atoms with E-state index in [4.69, 9.17) is 5.73 Å². The van der Waals surface area contributed by atoms with Crippen LogP contribution in [0.25, 0.3) is 0 Å². The highest BCUT2D eigenvalue weighted by Crippen LogP contribution is 2.14. The largest absolute Gasteiger partial charge is 0.398 e. The summed E-state index contributed by atoms with van der Waals surface area (Å²) in [6, 6.07) is 7.73. The standard InChI is InChI=1S/C15H24N2O/c1-4-12(5-2)11(3)17-15(18)10-13-8-6-7-9-14(13)16/h6-9,11-12H,4-5,10,16H2,1-3H3,(H,17,18). The third-order valence-electron chi connectivity index (χ3n) is 3.55. The quantitative estimate of drug-likeness (QED) is 0.761. The molecule has 0 aliphatic carbocycles. The summed E-state index contributed by atoms with van der Waals surface area (Å²) in [6.45, 7) is 6.39. The topological polar surface area (TPSA) is 55.1 Å². The fourth-order valence-electron chi connectivity index (χ4n) is 2.29. The molecular formula is C15H24N2O. The van der Waals surface area contributed by atoms with Gasteiger partial charge in [0.2, 0.25) is 5.91 Å². The Hall–Kier alpha value is -1.51. The Morgan fingerprint density at radius 3 is 2.44 bits per heavy atom. The van der Waals surface area contributed by atoms with Crippen LogP contribution >= 0.6 is 0 Å². The molecule has 3 nitrogen and oxygen atoms in total. The number of anilines is 1. The number of nitrogen functional groups attached to an aromatic ring is 1. The minimum atomic E-state index is 0.0484. The van der Waals surface area contributed by atoms with Gasteiger partial charge in [-0.25, -0.2) is 0 Å². The maximum Gasteiger partial charge on any atom is 0.224 e. The number of nitrogens with two attached hydrogens (primary N) is 1. The minimum absolute atomic E-state index is 0.0484. The molecule has 0 radical (unpaired) electrons. The molecule has 1 atom stereocenters. The number of hydrogen-bond donors (Lipinski definition) is 2. The summed E-state index contributed by atoms with van der Waals surface area (Å²) in [6.07, 6.45) is 2.54. The van der Waals surface area contributed by atoms with Crippen LogP contribution in [-0.4, -0.2) is 11.9 Å². The van der Waals surface area contributed by atoms with E-state index in [0.29, 0.717) is 18.0 Å². The zero-order valence-electron chi connectivity index (χ0n) is 11.6.